The Kier molecular flexibility index (Phi) is 6.67. The second-order valence-corrected chi connectivity index (χ2v) is 5.12. The van der Waals surface area contributed by atoms with Gasteiger partial charge in [-0.05, 0) is 38.2 Å². The lowest BCUT2D eigenvalue weighted by Gasteiger charge is -2.16. The van der Waals surface area contributed by atoms with Crippen LogP contribution >= 0.6 is 11.6 Å². The number of unbranched alkanes of at least 4 members (excludes halogenated alkanes) is 1. The normalized spacial score (nSPS) is 10.7. The highest BCUT2D eigenvalue weighted by Crippen LogP contribution is 2.22. The standard InChI is InChI=1S/C14H22ClN3O/c1-3-4-8-18(2)9-7-14(19)17-13-10-11(15)5-6-12(13)16/h5-6,10H,3-4,7-9,16H2,1-2H3,(H,17,19). The van der Waals surface area contributed by atoms with Crippen LogP contribution in [0.1, 0.15) is 26.2 Å². The molecule has 19 heavy (non-hydrogen) atoms. The van der Waals surface area contributed by atoms with Crippen molar-refractivity contribution in [3.8, 4) is 0 Å². The van der Waals surface area contributed by atoms with Gasteiger partial charge in [-0.25, -0.2) is 0 Å². The summed E-state index contributed by atoms with van der Waals surface area (Å²) in [6.45, 7) is 3.91. The van der Waals surface area contributed by atoms with Gasteiger partial charge in [-0.1, -0.05) is 24.9 Å². The number of anilines is 2. The van der Waals surface area contributed by atoms with Gasteiger partial charge in [0.1, 0.15) is 0 Å². The molecule has 0 aromatic heterocycles. The van der Waals surface area contributed by atoms with Crippen LogP contribution in [0.2, 0.25) is 5.02 Å². The molecule has 1 rings (SSSR count). The molecule has 5 heteroatoms. The number of carbonyl (C=O) groups is 1. The maximum Gasteiger partial charge on any atom is 0.225 e. The number of rotatable bonds is 7. The van der Waals surface area contributed by atoms with Crippen LogP contribution in [0, 0.1) is 0 Å². The Morgan fingerprint density at radius 1 is 1.42 bits per heavy atom. The number of nitrogens with one attached hydrogen (secondary N) is 1. The average molecular weight is 284 g/mol. The quantitative estimate of drug-likeness (QED) is 0.757. The van der Waals surface area contributed by atoms with Crippen molar-refractivity contribution in [1.29, 1.82) is 0 Å². The van der Waals surface area contributed by atoms with Gasteiger partial charge in [0.25, 0.3) is 0 Å². The van der Waals surface area contributed by atoms with E-state index < -0.39 is 0 Å². The van der Waals surface area contributed by atoms with Gasteiger partial charge in [0.15, 0.2) is 0 Å². The molecule has 0 bridgehead atoms. The molecule has 1 aromatic carbocycles. The fourth-order valence-corrected chi connectivity index (χ4v) is 1.85. The number of hydrogen-bond acceptors (Lipinski definition) is 3. The van der Waals surface area contributed by atoms with Crippen LogP contribution in [0.25, 0.3) is 0 Å². The zero-order valence-electron chi connectivity index (χ0n) is 11.6. The average Bonchev–Trinajstić information content (AvgIpc) is 2.38. The van der Waals surface area contributed by atoms with Crippen molar-refractivity contribution in [2.24, 2.45) is 0 Å². The molecule has 0 fully saturated rings. The maximum atomic E-state index is 11.8. The van der Waals surface area contributed by atoms with Crippen LogP contribution in [0.15, 0.2) is 18.2 Å². The van der Waals surface area contributed by atoms with Gasteiger partial charge in [-0.15, -0.1) is 0 Å². The molecule has 1 amide bonds. The maximum absolute atomic E-state index is 11.8. The molecule has 0 spiro atoms. The van der Waals surface area contributed by atoms with Gasteiger partial charge in [0.05, 0.1) is 11.4 Å². The second-order valence-electron chi connectivity index (χ2n) is 4.69. The topological polar surface area (TPSA) is 58.4 Å². The molecule has 0 aliphatic carbocycles. The first-order valence-corrected chi connectivity index (χ1v) is 6.94. The Labute approximate surface area is 119 Å². The molecule has 0 saturated carbocycles. The predicted molar refractivity (Wildman–Crippen MR) is 81.5 cm³/mol. The summed E-state index contributed by atoms with van der Waals surface area (Å²) in [5, 5.41) is 3.35. The highest BCUT2D eigenvalue weighted by molar-refractivity contribution is 6.31. The molecule has 0 aliphatic rings. The van der Waals surface area contributed by atoms with Crippen molar-refractivity contribution >= 4 is 28.9 Å². The van der Waals surface area contributed by atoms with Crippen LogP contribution in [0.4, 0.5) is 11.4 Å². The highest BCUT2D eigenvalue weighted by Gasteiger charge is 2.07. The minimum absolute atomic E-state index is 0.0442. The lowest BCUT2D eigenvalue weighted by Crippen LogP contribution is -2.25. The zero-order chi connectivity index (χ0) is 14.3. The van der Waals surface area contributed by atoms with Gasteiger partial charge >= 0.3 is 0 Å². The second kappa shape index (κ2) is 8.02. The van der Waals surface area contributed by atoms with Crippen LogP contribution < -0.4 is 11.1 Å². The number of nitrogens with zero attached hydrogens (tertiary/aromatic N) is 1. The Morgan fingerprint density at radius 3 is 2.84 bits per heavy atom. The molecule has 0 aliphatic heterocycles. The molecule has 0 atom stereocenters. The molecular weight excluding hydrogens is 262 g/mol. The number of amides is 1. The van der Waals surface area contributed by atoms with Crippen molar-refractivity contribution in [2.45, 2.75) is 26.2 Å². The molecule has 106 valence electrons. The lowest BCUT2D eigenvalue weighted by atomic mass is 10.2. The first-order valence-electron chi connectivity index (χ1n) is 6.56. The summed E-state index contributed by atoms with van der Waals surface area (Å²) in [5.41, 5.74) is 6.88. The summed E-state index contributed by atoms with van der Waals surface area (Å²) in [6.07, 6.45) is 2.76. The van der Waals surface area contributed by atoms with Crippen molar-refractivity contribution in [3.63, 3.8) is 0 Å². The van der Waals surface area contributed by atoms with E-state index in [0.717, 1.165) is 25.9 Å². The zero-order valence-corrected chi connectivity index (χ0v) is 12.3. The van der Waals surface area contributed by atoms with E-state index in [1.165, 1.54) is 0 Å². The summed E-state index contributed by atoms with van der Waals surface area (Å²) >= 11 is 5.87. The van der Waals surface area contributed by atoms with Gasteiger partial charge < -0.3 is 16.0 Å². The Bertz CT molecular complexity index is 423. The fraction of sp³-hybridized carbons (Fsp3) is 0.500. The van der Waals surface area contributed by atoms with Crippen molar-refractivity contribution in [3.05, 3.63) is 23.2 Å². The summed E-state index contributed by atoms with van der Waals surface area (Å²) in [5.74, 6) is -0.0442. The fourth-order valence-electron chi connectivity index (χ4n) is 1.68. The summed E-state index contributed by atoms with van der Waals surface area (Å²) in [6, 6.07) is 5.05. The number of nitrogen functional groups attached to an aromatic ring is 1. The molecule has 0 heterocycles. The van der Waals surface area contributed by atoms with Crippen molar-refractivity contribution in [2.75, 3.05) is 31.2 Å². The Hall–Kier alpha value is -1.26. The van der Waals surface area contributed by atoms with E-state index in [4.69, 9.17) is 17.3 Å². The lowest BCUT2D eigenvalue weighted by molar-refractivity contribution is -0.116. The first kappa shape index (κ1) is 15.8. The van der Waals surface area contributed by atoms with Crippen LogP contribution in [-0.2, 0) is 4.79 Å². The number of benzene rings is 1. The first-order chi connectivity index (χ1) is 9.02. The van der Waals surface area contributed by atoms with Crippen molar-refractivity contribution < 1.29 is 4.79 Å². The van der Waals surface area contributed by atoms with Crippen LogP contribution in [0.3, 0.4) is 0 Å². The molecule has 0 saturated heterocycles. The van der Waals surface area contributed by atoms with Crippen LogP contribution in [0.5, 0.6) is 0 Å². The molecule has 4 nitrogen and oxygen atoms in total. The van der Waals surface area contributed by atoms with Crippen molar-refractivity contribution in [1.82, 2.24) is 4.90 Å². The number of carbonyl (C=O) groups excluding carboxylic acids is 1. The Morgan fingerprint density at radius 2 is 2.16 bits per heavy atom. The monoisotopic (exact) mass is 283 g/mol. The van der Waals surface area contributed by atoms with Gasteiger partial charge in [0.2, 0.25) is 5.91 Å². The minimum atomic E-state index is -0.0442. The van der Waals surface area contributed by atoms with Gasteiger partial charge in [0, 0.05) is 18.0 Å². The van der Waals surface area contributed by atoms with Crippen LogP contribution in [-0.4, -0.2) is 30.9 Å². The summed E-state index contributed by atoms with van der Waals surface area (Å²) in [7, 11) is 2.02. The molecule has 0 radical (unpaired) electrons. The Balaban J connectivity index is 2.40. The molecule has 3 N–H and O–H groups in total. The minimum Gasteiger partial charge on any atom is -0.397 e. The molecular formula is C14H22ClN3O. The van der Waals surface area contributed by atoms with E-state index in [9.17, 15) is 4.79 Å². The number of nitrogens with two attached hydrogens (primary N) is 1. The third-order valence-electron chi connectivity index (χ3n) is 2.90. The third-order valence-corrected chi connectivity index (χ3v) is 3.14. The largest absolute Gasteiger partial charge is 0.397 e. The van der Waals surface area contributed by atoms with E-state index >= 15 is 0 Å². The van der Waals surface area contributed by atoms with E-state index in [1.54, 1.807) is 18.2 Å². The van der Waals surface area contributed by atoms with E-state index in [-0.39, 0.29) is 5.91 Å². The number of halogens is 1. The molecule has 0 unspecified atom stereocenters. The predicted octanol–water partition coefficient (Wildman–Crippen LogP) is 2.98. The summed E-state index contributed by atoms with van der Waals surface area (Å²) < 4.78 is 0. The number of hydrogen-bond donors (Lipinski definition) is 2. The summed E-state index contributed by atoms with van der Waals surface area (Å²) in [4.78, 5) is 14.0. The smallest absolute Gasteiger partial charge is 0.225 e. The van der Waals surface area contributed by atoms with E-state index in [2.05, 4.69) is 17.1 Å². The van der Waals surface area contributed by atoms with E-state index in [0.29, 0.717) is 22.8 Å². The molecule has 1 aromatic rings. The van der Waals surface area contributed by atoms with E-state index in [1.807, 2.05) is 7.05 Å². The SMILES string of the molecule is CCCCN(C)CCC(=O)Nc1cc(Cl)ccc1N. The van der Waals surface area contributed by atoms with Gasteiger partial charge in [-0.2, -0.15) is 0 Å². The van der Waals surface area contributed by atoms with Gasteiger partial charge in [-0.3, -0.25) is 4.79 Å². The third kappa shape index (κ3) is 5.94. The highest BCUT2D eigenvalue weighted by atomic mass is 35.5.